The second-order valence-corrected chi connectivity index (χ2v) is 4.49. The van der Waals surface area contributed by atoms with E-state index in [2.05, 4.69) is 21.2 Å². The highest BCUT2D eigenvalue weighted by atomic mass is 79.9. The number of hydrogen-bond donors (Lipinski definition) is 2. The minimum absolute atomic E-state index is 0.0980. The lowest BCUT2D eigenvalue weighted by molar-refractivity contribution is 0.251. The Morgan fingerprint density at radius 2 is 2.29 bits per heavy atom. The molecule has 1 rings (SSSR count). The van der Waals surface area contributed by atoms with Crippen LogP contribution in [0, 0.1) is 0 Å². The van der Waals surface area contributed by atoms with Gasteiger partial charge in [0.05, 0.1) is 6.61 Å². The molecule has 0 fully saturated rings. The summed E-state index contributed by atoms with van der Waals surface area (Å²) in [5, 5.41) is 12.7. The van der Waals surface area contributed by atoms with E-state index in [4.69, 9.17) is 16.7 Å². The molecule has 0 aromatic heterocycles. The van der Waals surface area contributed by atoms with Gasteiger partial charge in [-0.3, -0.25) is 0 Å². The van der Waals surface area contributed by atoms with Crippen LogP contribution >= 0.6 is 27.5 Å². The van der Waals surface area contributed by atoms with Crippen molar-refractivity contribution in [1.82, 2.24) is 5.32 Å². The molecular weight excluding hydrogens is 265 g/mol. The molecule has 2 nitrogen and oxygen atoms in total. The van der Waals surface area contributed by atoms with Crippen LogP contribution in [-0.2, 0) is 6.54 Å². The summed E-state index contributed by atoms with van der Waals surface area (Å²) in [6, 6.07) is 5.76. The minimum atomic E-state index is 0.0980. The number of benzene rings is 1. The van der Waals surface area contributed by atoms with Crippen LogP contribution < -0.4 is 5.32 Å². The van der Waals surface area contributed by atoms with E-state index in [1.807, 2.05) is 25.1 Å². The molecule has 0 saturated heterocycles. The van der Waals surface area contributed by atoms with Crippen molar-refractivity contribution < 1.29 is 5.11 Å². The van der Waals surface area contributed by atoms with E-state index in [1.54, 1.807) is 0 Å². The normalized spacial score (nSPS) is 12.9. The summed E-state index contributed by atoms with van der Waals surface area (Å²) in [6.45, 7) is 2.76. The van der Waals surface area contributed by atoms with Gasteiger partial charge in [0, 0.05) is 22.1 Å². The van der Waals surface area contributed by atoms with E-state index in [-0.39, 0.29) is 12.6 Å². The largest absolute Gasteiger partial charge is 0.395 e. The highest BCUT2D eigenvalue weighted by Gasteiger charge is 2.03. The van der Waals surface area contributed by atoms with Crippen LogP contribution in [0.15, 0.2) is 22.7 Å². The van der Waals surface area contributed by atoms with E-state index < -0.39 is 0 Å². The Morgan fingerprint density at radius 1 is 1.57 bits per heavy atom. The zero-order valence-electron chi connectivity index (χ0n) is 7.93. The second-order valence-electron chi connectivity index (χ2n) is 3.20. The number of rotatable bonds is 4. The monoisotopic (exact) mass is 277 g/mol. The summed E-state index contributed by atoms with van der Waals surface area (Å²) in [7, 11) is 0. The third-order valence-electron chi connectivity index (χ3n) is 1.92. The number of aliphatic hydroxyl groups is 1. The van der Waals surface area contributed by atoms with E-state index in [0.29, 0.717) is 6.54 Å². The second kappa shape index (κ2) is 5.71. The van der Waals surface area contributed by atoms with Crippen LogP contribution in [0.3, 0.4) is 0 Å². The summed E-state index contributed by atoms with van der Waals surface area (Å²) >= 11 is 9.31. The van der Waals surface area contributed by atoms with Gasteiger partial charge in [0.15, 0.2) is 0 Å². The number of aliphatic hydroxyl groups excluding tert-OH is 1. The van der Waals surface area contributed by atoms with E-state index in [0.717, 1.165) is 15.1 Å². The molecule has 2 N–H and O–H groups in total. The van der Waals surface area contributed by atoms with E-state index in [9.17, 15) is 0 Å². The molecule has 1 aromatic carbocycles. The van der Waals surface area contributed by atoms with Gasteiger partial charge in [-0.2, -0.15) is 0 Å². The molecule has 4 heteroatoms. The molecule has 14 heavy (non-hydrogen) atoms. The van der Waals surface area contributed by atoms with Crippen molar-refractivity contribution in [2.75, 3.05) is 6.61 Å². The molecule has 0 heterocycles. The van der Waals surface area contributed by atoms with Gasteiger partial charge < -0.3 is 10.4 Å². The Labute approximate surface area is 97.4 Å². The quantitative estimate of drug-likeness (QED) is 0.887. The van der Waals surface area contributed by atoms with Gasteiger partial charge >= 0.3 is 0 Å². The van der Waals surface area contributed by atoms with Crippen LogP contribution in [0.4, 0.5) is 0 Å². The third kappa shape index (κ3) is 3.58. The van der Waals surface area contributed by atoms with Crippen molar-refractivity contribution in [3.63, 3.8) is 0 Å². The van der Waals surface area contributed by atoms with Crippen LogP contribution in [0.25, 0.3) is 0 Å². The first-order valence-corrected chi connectivity index (χ1v) is 5.58. The molecule has 0 aliphatic rings. The lowest BCUT2D eigenvalue weighted by Gasteiger charge is -2.11. The van der Waals surface area contributed by atoms with Gasteiger partial charge in [0.2, 0.25) is 0 Å². The number of hydrogen-bond acceptors (Lipinski definition) is 2. The maximum Gasteiger partial charge on any atom is 0.0582 e. The molecule has 0 aliphatic carbocycles. The molecule has 78 valence electrons. The average Bonchev–Trinajstić information content (AvgIpc) is 2.19. The van der Waals surface area contributed by atoms with Crippen molar-refractivity contribution >= 4 is 27.5 Å². The topological polar surface area (TPSA) is 32.3 Å². The van der Waals surface area contributed by atoms with Gasteiger partial charge in [-0.15, -0.1) is 0 Å². The fourth-order valence-electron chi connectivity index (χ4n) is 1.03. The summed E-state index contributed by atoms with van der Waals surface area (Å²) in [5.74, 6) is 0. The van der Waals surface area contributed by atoms with Crippen molar-refractivity contribution in [1.29, 1.82) is 0 Å². The predicted octanol–water partition coefficient (Wildman–Crippen LogP) is 2.57. The summed E-state index contributed by atoms with van der Waals surface area (Å²) in [6.07, 6.45) is 0. The first-order valence-electron chi connectivity index (χ1n) is 4.41. The fraction of sp³-hybridized carbons (Fsp3) is 0.400. The summed E-state index contributed by atoms with van der Waals surface area (Å²) in [4.78, 5) is 0. The maximum atomic E-state index is 8.84. The van der Waals surface area contributed by atoms with Gasteiger partial charge in [-0.1, -0.05) is 27.5 Å². The Hall–Kier alpha value is -0.0900. The summed E-state index contributed by atoms with van der Waals surface area (Å²) in [5.41, 5.74) is 1.10. The van der Waals surface area contributed by atoms with Crippen LogP contribution in [0.2, 0.25) is 5.02 Å². The van der Waals surface area contributed by atoms with Crippen LogP contribution in [-0.4, -0.2) is 17.8 Å². The Morgan fingerprint density at radius 3 is 2.93 bits per heavy atom. The van der Waals surface area contributed by atoms with Crippen molar-refractivity contribution in [3.05, 3.63) is 33.3 Å². The Balaban J connectivity index is 2.62. The molecule has 0 spiro atoms. The third-order valence-corrected chi connectivity index (χ3v) is 2.93. The first kappa shape index (κ1) is 12.0. The highest BCUT2D eigenvalue weighted by Crippen LogP contribution is 2.20. The molecule has 0 bridgehead atoms. The van der Waals surface area contributed by atoms with Gasteiger partial charge in [-0.05, 0) is 30.7 Å². The minimum Gasteiger partial charge on any atom is -0.395 e. The predicted molar refractivity (Wildman–Crippen MR) is 62.5 cm³/mol. The summed E-state index contributed by atoms with van der Waals surface area (Å²) < 4.78 is 1.03. The smallest absolute Gasteiger partial charge is 0.0582 e. The van der Waals surface area contributed by atoms with Gasteiger partial charge in [0.25, 0.3) is 0 Å². The first-order chi connectivity index (χ1) is 6.63. The molecular formula is C10H13BrClNO. The van der Waals surface area contributed by atoms with Crippen molar-refractivity contribution in [2.45, 2.75) is 19.5 Å². The average molecular weight is 279 g/mol. The zero-order valence-corrected chi connectivity index (χ0v) is 10.3. The van der Waals surface area contributed by atoms with Crippen LogP contribution in [0.1, 0.15) is 12.5 Å². The zero-order chi connectivity index (χ0) is 10.6. The number of nitrogens with one attached hydrogen (secondary N) is 1. The molecule has 0 saturated carbocycles. The van der Waals surface area contributed by atoms with Gasteiger partial charge in [-0.25, -0.2) is 0 Å². The number of halogens is 2. The van der Waals surface area contributed by atoms with Crippen molar-refractivity contribution in [2.24, 2.45) is 0 Å². The van der Waals surface area contributed by atoms with E-state index >= 15 is 0 Å². The van der Waals surface area contributed by atoms with Crippen LogP contribution in [0.5, 0.6) is 0 Å². The Kier molecular flexibility index (Phi) is 4.89. The highest BCUT2D eigenvalue weighted by molar-refractivity contribution is 9.10. The standard InChI is InChI=1S/C10H13BrClNO/c1-7(6-14)13-5-8-4-9(12)2-3-10(8)11/h2-4,7,13-14H,5-6H2,1H3/t7-/m0/s1. The molecule has 0 aliphatic heterocycles. The molecule has 0 amide bonds. The molecule has 1 aromatic rings. The Bertz CT molecular complexity index is 306. The lowest BCUT2D eigenvalue weighted by Crippen LogP contribution is -2.28. The SMILES string of the molecule is C[C@@H](CO)NCc1cc(Cl)ccc1Br. The molecule has 1 atom stereocenters. The molecule has 0 unspecified atom stereocenters. The molecule has 0 radical (unpaired) electrons. The van der Waals surface area contributed by atoms with Gasteiger partial charge in [0.1, 0.15) is 0 Å². The lowest BCUT2D eigenvalue weighted by atomic mass is 10.2. The van der Waals surface area contributed by atoms with E-state index in [1.165, 1.54) is 0 Å². The van der Waals surface area contributed by atoms with Crippen molar-refractivity contribution in [3.8, 4) is 0 Å². The maximum absolute atomic E-state index is 8.84. The fourth-order valence-corrected chi connectivity index (χ4v) is 1.61.